The zero-order chi connectivity index (χ0) is 11.2. The molecule has 1 aromatic heterocycles. The maximum atomic E-state index is 11.2. The van der Waals surface area contributed by atoms with Crippen LogP contribution >= 0.6 is 0 Å². The first-order valence-corrected chi connectivity index (χ1v) is 4.71. The lowest BCUT2D eigenvalue weighted by atomic mass is 10.2. The third-order valence-electron chi connectivity index (χ3n) is 1.87. The molecule has 1 N–H and O–H groups in total. The third kappa shape index (κ3) is 2.84. The molecule has 0 saturated heterocycles. The van der Waals surface area contributed by atoms with E-state index in [-0.39, 0.29) is 12.5 Å². The van der Waals surface area contributed by atoms with Crippen molar-refractivity contribution in [2.75, 3.05) is 0 Å². The van der Waals surface area contributed by atoms with Crippen LogP contribution in [0.3, 0.4) is 0 Å². The van der Waals surface area contributed by atoms with E-state index in [1.165, 1.54) is 12.5 Å². The van der Waals surface area contributed by atoms with Gasteiger partial charge in [0.25, 0.3) is 0 Å². The van der Waals surface area contributed by atoms with Gasteiger partial charge in [0.2, 0.25) is 5.88 Å². The van der Waals surface area contributed by atoms with E-state index in [1.807, 2.05) is 30.3 Å². The van der Waals surface area contributed by atoms with E-state index in [4.69, 9.17) is 9.47 Å². The van der Waals surface area contributed by atoms with E-state index in [2.05, 4.69) is 9.97 Å². The van der Waals surface area contributed by atoms with Crippen molar-refractivity contribution in [1.29, 1.82) is 0 Å². The monoisotopic (exact) mass is 218 g/mol. The number of carbonyl (C=O) groups is 1. The largest absolute Gasteiger partial charge is 0.515 e. The number of aromatic nitrogens is 2. The molecule has 0 aliphatic rings. The molecule has 16 heavy (non-hydrogen) atoms. The Hall–Kier alpha value is -2.30. The molecule has 0 atom stereocenters. The normalized spacial score (nSPS) is 9.75. The Bertz CT molecular complexity index is 440. The second-order valence-corrected chi connectivity index (χ2v) is 3.04. The van der Waals surface area contributed by atoms with Crippen molar-refractivity contribution in [3.05, 3.63) is 48.4 Å². The Morgan fingerprint density at radius 2 is 2.12 bits per heavy atom. The fraction of sp³-hybridized carbons (Fsp3) is 0.0909. The van der Waals surface area contributed by atoms with E-state index < -0.39 is 6.16 Å². The van der Waals surface area contributed by atoms with Crippen LogP contribution in [0.15, 0.2) is 42.9 Å². The van der Waals surface area contributed by atoms with Crippen LogP contribution in [0.5, 0.6) is 5.88 Å². The summed E-state index contributed by atoms with van der Waals surface area (Å²) in [6.07, 6.45) is 2.05. The third-order valence-corrected chi connectivity index (χ3v) is 1.87. The quantitative estimate of drug-likeness (QED) is 0.801. The highest BCUT2D eigenvalue weighted by atomic mass is 16.7. The number of hydrogen-bond donors (Lipinski definition) is 1. The van der Waals surface area contributed by atoms with Crippen molar-refractivity contribution >= 4 is 6.16 Å². The van der Waals surface area contributed by atoms with Gasteiger partial charge >= 0.3 is 6.16 Å². The molecule has 2 rings (SSSR count). The Kier molecular flexibility index (Phi) is 3.18. The molecule has 1 heterocycles. The average molecular weight is 218 g/mol. The van der Waals surface area contributed by atoms with Crippen LogP contribution in [0.2, 0.25) is 0 Å². The standard InChI is InChI=1S/C11H10N2O3/c14-11(16-10-6-12-8-13-10)15-7-9-4-2-1-3-5-9/h1-6,8H,7H2,(H,12,13). The minimum absolute atomic E-state index is 0.188. The Morgan fingerprint density at radius 1 is 1.31 bits per heavy atom. The lowest BCUT2D eigenvalue weighted by Crippen LogP contribution is -2.10. The number of aromatic amines is 1. The molecule has 0 aliphatic heterocycles. The fourth-order valence-corrected chi connectivity index (χ4v) is 1.13. The van der Waals surface area contributed by atoms with E-state index in [0.29, 0.717) is 0 Å². The average Bonchev–Trinajstić information content (AvgIpc) is 2.81. The van der Waals surface area contributed by atoms with Crippen molar-refractivity contribution in [2.24, 2.45) is 0 Å². The van der Waals surface area contributed by atoms with Crippen LogP contribution in [0, 0.1) is 0 Å². The van der Waals surface area contributed by atoms with E-state index in [1.54, 1.807) is 0 Å². The van der Waals surface area contributed by atoms with Gasteiger partial charge < -0.3 is 14.5 Å². The van der Waals surface area contributed by atoms with E-state index >= 15 is 0 Å². The highest BCUT2D eigenvalue weighted by Gasteiger charge is 2.06. The molecule has 5 nitrogen and oxygen atoms in total. The minimum atomic E-state index is -0.756. The molecular formula is C11H10N2O3. The van der Waals surface area contributed by atoms with Crippen LogP contribution in [-0.4, -0.2) is 16.1 Å². The van der Waals surface area contributed by atoms with Crippen LogP contribution in [-0.2, 0) is 11.3 Å². The molecule has 5 heteroatoms. The van der Waals surface area contributed by atoms with Crippen molar-refractivity contribution in [1.82, 2.24) is 9.97 Å². The molecule has 1 aromatic carbocycles. The Balaban J connectivity index is 1.80. The number of ether oxygens (including phenoxy) is 2. The van der Waals surface area contributed by atoms with Gasteiger partial charge in [-0.2, -0.15) is 0 Å². The number of nitrogens with one attached hydrogen (secondary N) is 1. The summed E-state index contributed by atoms with van der Waals surface area (Å²) in [5, 5.41) is 0. The maximum Gasteiger partial charge on any atom is 0.515 e. The first-order chi connectivity index (χ1) is 7.84. The first kappa shape index (κ1) is 10.2. The first-order valence-electron chi connectivity index (χ1n) is 4.71. The number of rotatable bonds is 3. The van der Waals surface area contributed by atoms with Gasteiger partial charge in [-0.15, -0.1) is 0 Å². The highest BCUT2D eigenvalue weighted by molar-refractivity contribution is 5.62. The summed E-state index contributed by atoms with van der Waals surface area (Å²) < 4.78 is 9.69. The molecule has 2 aromatic rings. The number of hydrogen-bond acceptors (Lipinski definition) is 4. The van der Waals surface area contributed by atoms with Crippen molar-refractivity contribution in [3.63, 3.8) is 0 Å². The summed E-state index contributed by atoms with van der Waals surface area (Å²) in [7, 11) is 0. The number of benzene rings is 1. The number of imidazole rings is 1. The minimum Gasteiger partial charge on any atom is -0.429 e. The fourth-order valence-electron chi connectivity index (χ4n) is 1.13. The van der Waals surface area contributed by atoms with Gasteiger partial charge in [-0.3, -0.25) is 0 Å². The molecule has 0 radical (unpaired) electrons. The zero-order valence-corrected chi connectivity index (χ0v) is 8.42. The molecule has 0 aliphatic carbocycles. The summed E-state index contributed by atoms with van der Waals surface area (Å²) in [5.74, 6) is 0.262. The second-order valence-electron chi connectivity index (χ2n) is 3.04. The van der Waals surface area contributed by atoms with E-state index in [9.17, 15) is 4.79 Å². The van der Waals surface area contributed by atoms with Gasteiger partial charge in [0.15, 0.2) is 0 Å². The predicted molar refractivity (Wildman–Crippen MR) is 55.8 cm³/mol. The van der Waals surface area contributed by atoms with Crippen LogP contribution in [0.4, 0.5) is 4.79 Å². The van der Waals surface area contributed by atoms with Crippen LogP contribution in [0.25, 0.3) is 0 Å². The highest BCUT2D eigenvalue weighted by Crippen LogP contribution is 2.05. The van der Waals surface area contributed by atoms with Crippen molar-refractivity contribution < 1.29 is 14.3 Å². The van der Waals surface area contributed by atoms with Gasteiger partial charge in [0.05, 0.1) is 12.5 Å². The molecular weight excluding hydrogens is 208 g/mol. The lowest BCUT2D eigenvalue weighted by Gasteiger charge is -2.03. The Labute approximate surface area is 92.0 Å². The van der Waals surface area contributed by atoms with Gasteiger partial charge in [0, 0.05) is 0 Å². The zero-order valence-electron chi connectivity index (χ0n) is 8.42. The second kappa shape index (κ2) is 4.97. The van der Waals surface area contributed by atoms with Gasteiger partial charge in [-0.1, -0.05) is 30.3 Å². The van der Waals surface area contributed by atoms with Gasteiger partial charge in [-0.05, 0) is 5.56 Å². The van der Waals surface area contributed by atoms with Crippen molar-refractivity contribution in [2.45, 2.75) is 6.61 Å². The van der Waals surface area contributed by atoms with Gasteiger partial charge in [0.1, 0.15) is 6.61 Å². The molecule has 0 unspecified atom stereocenters. The molecule has 0 spiro atoms. The summed E-state index contributed by atoms with van der Waals surface area (Å²) in [6, 6.07) is 9.37. The maximum absolute atomic E-state index is 11.2. The number of carbonyl (C=O) groups excluding carboxylic acids is 1. The summed E-state index contributed by atoms with van der Waals surface area (Å²) >= 11 is 0. The summed E-state index contributed by atoms with van der Waals surface area (Å²) in [4.78, 5) is 17.5. The molecule has 0 fully saturated rings. The lowest BCUT2D eigenvalue weighted by molar-refractivity contribution is 0.0914. The van der Waals surface area contributed by atoms with E-state index in [0.717, 1.165) is 5.56 Å². The smallest absolute Gasteiger partial charge is 0.429 e. The molecule has 0 amide bonds. The van der Waals surface area contributed by atoms with Gasteiger partial charge in [-0.25, -0.2) is 9.78 Å². The van der Waals surface area contributed by atoms with Crippen molar-refractivity contribution in [3.8, 4) is 5.88 Å². The SMILES string of the molecule is O=C(OCc1ccccc1)Oc1cnc[nH]1. The molecule has 0 saturated carbocycles. The van der Waals surface area contributed by atoms with Crippen LogP contribution in [0.1, 0.15) is 5.56 Å². The Morgan fingerprint density at radius 3 is 2.81 bits per heavy atom. The molecule has 0 bridgehead atoms. The summed E-state index contributed by atoms with van der Waals surface area (Å²) in [6.45, 7) is 0.188. The molecule has 82 valence electrons. The van der Waals surface area contributed by atoms with Crippen LogP contribution < -0.4 is 4.74 Å². The topological polar surface area (TPSA) is 64.2 Å². The summed E-state index contributed by atoms with van der Waals surface area (Å²) in [5.41, 5.74) is 0.907. The predicted octanol–water partition coefficient (Wildman–Crippen LogP) is 2.13. The number of H-pyrrole nitrogens is 1. The number of nitrogens with zero attached hydrogens (tertiary/aromatic N) is 1.